The maximum Gasteiger partial charge on any atom is 0.307 e. The third-order valence-electron chi connectivity index (χ3n) is 5.31. The molecule has 2 atom stereocenters. The van der Waals surface area contributed by atoms with Crippen molar-refractivity contribution in [3.05, 3.63) is 23.8 Å². The molecule has 2 heterocycles. The zero-order valence-corrected chi connectivity index (χ0v) is 14.4. The van der Waals surface area contributed by atoms with Crippen molar-refractivity contribution in [1.82, 2.24) is 4.90 Å². The molecular formula is C19H21NO6. The van der Waals surface area contributed by atoms with E-state index in [9.17, 15) is 14.4 Å². The first kappa shape index (κ1) is 16.9. The number of esters is 1. The Morgan fingerprint density at radius 1 is 1.08 bits per heavy atom. The summed E-state index contributed by atoms with van der Waals surface area (Å²) in [6.07, 6.45) is 3.55. The number of carbonyl (C=O) groups excluding carboxylic acids is 3. The molecule has 0 N–H and O–H groups in total. The third-order valence-corrected chi connectivity index (χ3v) is 5.31. The minimum Gasteiger partial charge on any atom is -0.461 e. The Morgan fingerprint density at radius 3 is 2.50 bits per heavy atom. The molecule has 2 amide bonds. The van der Waals surface area contributed by atoms with Gasteiger partial charge in [0.15, 0.2) is 11.5 Å². The van der Waals surface area contributed by atoms with Crippen LogP contribution in [-0.4, -0.2) is 36.0 Å². The molecular weight excluding hydrogens is 338 g/mol. The fourth-order valence-corrected chi connectivity index (χ4v) is 3.92. The Morgan fingerprint density at radius 2 is 1.77 bits per heavy atom. The van der Waals surface area contributed by atoms with Gasteiger partial charge in [0.05, 0.1) is 18.3 Å². The summed E-state index contributed by atoms with van der Waals surface area (Å²) in [7, 11) is 0. The molecule has 0 aromatic heterocycles. The van der Waals surface area contributed by atoms with Gasteiger partial charge in [-0.2, -0.15) is 0 Å². The minimum absolute atomic E-state index is 0.0153. The number of benzene rings is 1. The second-order valence-electron chi connectivity index (χ2n) is 6.92. The van der Waals surface area contributed by atoms with E-state index in [1.165, 1.54) is 4.90 Å². The van der Waals surface area contributed by atoms with Crippen LogP contribution < -0.4 is 9.47 Å². The molecule has 4 rings (SSSR count). The Balaban J connectivity index is 1.27. The highest BCUT2D eigenvalue weighted by atomic mass is 16.7. The van der Waals surface area contributed by atoms with E-state index in [-0.39, 0.29) is 50.0 Å². The first-order chi connectivity index (χ1) is 12.6. The van der Waals surface area contributed by atoms with Crippen LogP contribution in [0.15, 0.2) is 18.2 Å². The van der Waals surface area contributed by atoms with Crippen molar-refractivity contribution in [3.8, 4) is 11.5 Å². The van der Waals surface area contributed by atoms with Gasteiger partial charge in [-0.1, -0.05) is 18.9 Å². The van der Waals surface area contributed by atoms with E-state index in [1.807, 2.05) is 0 Å². The van der Waals surface area contributed by atoms with Crippen LogP contribution in [0.4, 0.5) is 0 Å². The molecule has 3 aliphatic rings. The molecule has 1 saturated carbocycles. The van der Waals surface area contributed by atoms with Crippen LogP contribution in [0, 0.1) is 11.8 Å². The predicted octanol–water partition coefficient (Wildman–Crippen LogP) is 2.02. The van der Waals surface area contributed by atoms with Crippen molar-refractivity contribution in [1.29, 1.82) is 0 Å². The smallest absolute Gasteiger partial charge is 0.307 e. The Labute approximate surface area is 151 Å². The molecule has 138 valence electrons. The van der Waals surface area contributed by atoms with Crippen LogP contribution in [0.1, 0.15) is 37.7 Å². The van der Waals surface area contributed by atoms with Crippen molar-refractivity contribution >= 4 is 17.8 Å². The summed E-state index contributed by atoms with van der Waals surface area (Å²) >= 11 is 0. The van der Waals surface area contributed by atoms with Crippen molar-refractivity contribution < 1.29 is 28.6 Å². The molecule has 1 aromatic carbocycles. The zero-order valence-electron chi connectivity index (χ0n) is 14.4. The first-order valence-electron chi connectivity index (χ1n) is 9.03. The van der Waals surface area contributed by atoms with Crippen LogP contribution in [0.3, 0.4) is 0 Å². The summed E-state index contributed by atoms with van der Waals surface area (Å²) in [4.78, 5) is 38.0. The molecule has 0 spiro atoms. The summed E-state index contributed by atoms with van der Waals surface area (Å²) in [5, 5.41) is 0. The second-order valence-corrected chi connectivity index (χ2v) is 6.92. The van der Waals surface area contributed by atoms with E-state index < -0.39 is 5.97 Å². The lowest BCUT2D eigenvalue weighted by Crippen LogP contribution is -2.33. The molecule has 1 aliphatic carbocycles. The molecule has 1 saturated heterocycles. The number of imide groups is 1. The highest BCUT2D eigenvalue weighted by molar-refractivity contribution is 6.05. The van der Waals surface area contributed by atoms with Crippen LogP contribution in [0.25, 0.3) is 0 Å². The van der Waals surface area contributed by atoms with Crippen LogP contribution >= 0.6 is 0 Å². The molecule has 26 heavy (non-hydrogen) atoms. The summed E-state index contributed by atoms with van der Waals surface area (Å²) in [5.74, 6) is 0.272. The third kappa shape index (κ3) is 3.13. The van der Waals surface area contributed by atoms with Gasteiger partial charge in [-0.15, -0.1) is 0 Å². The van der Waals surface area contributed by atoms with Crippen LogP contribution in [-0.2, 0) is 25.7 Å². The van der Waals surface area contributed by atoms with Gasteiger partial charge in [-0.25, -0.2) is 0 Å². The lowest BCUT2D eigenvalue weighted by atomic mass is 9.81. The van der Waals surface area contributed by atoms with E-state index >= 15 is 0 Å². The van der Waals surface area contributed by atoms with Crippen molar-refractivity contribution in [2.24, 2.45) is 11.8 Å². The highest BCUT2D eigenvalue weighted by Gasteiger charge is 2.47. The first-order valence-corrected chi connectivity index (χ1v) is 9.03. The number of rotatable bonds is 5. The molecule has 7 heteroatoms. The number of carbonyl (C=O) groups is 3. The lowest BCUT2D eigenvalue weighted by Gasteiger charge is -2.19. The number of hydrogen-bond donors (Lipinski definition) is 0. The Bertz CT molecular complexity index is 722. The summed E-state index contributed by atoms with van der Waals surface area (Å²) in [6, 6.07) is 5.35. The number of likely N-dealkylation sites (tertiary alicyclic amines) is 1. The molecule has 0 radical (unpaired) electrons. The normalized spacial score (nSPS) is 23.9. The highest BCUT2D eigenvalue weighted by Crippen LogP contribution is 2.38. The van der Waals surface area contributed by atoms with E-state index in [0.29, 0.717) is 11.5 Å². The number of hydrogen-bond acceptors (Lipinski definition) is 6. The summed E-state index contributed by atoms with van der Waals surface area (Å²) in [5.41, 5.74) is 0.793. The maximum absolute atomic E-state index is 12.4. The van der Waals surface area contributed by atoms with Crippen LogP contribution in [0.5, 0.6) is 11.5 Å². The summed E-state index contributed by atoms with van der Waals surface area (Å²) < 4.78 is 15.8. The number of ether oxygens (including phenoxy) is 3. The average Bonchev–Trinajstić information content (AvgIpc) is 3.22. The quantitative estimate of drug-likeness (QED) is 0.591. The second kappa shape index (κ2) is 6.97. The van der Waals surface area contributed by atoms with E-state index in [0.717, 1.165) is 31.2 Å². The number of fused-ring (bicyclic) bond motifs is 2. The maximum atomic E-state index is 12.4. The minimum atomic E-state index is -0.432. The van der Waals surface area contributed by atoms with Gasteiger partial charge in [0, 0.05) is 6.54 Å². The van der Waals surface area contributed by atoms with Gasteiger partial charge in [0.2, 0.25) is 18.6 Å². The van der Waals surface area contributed by atoms with Crippen molar-refractivity contribution in [3.63, 3.8) is 0 Å². The van der Waals surface area contributed by atoms with E-state index in [1.54, 1.807) is 18.2 Å². The van der Waals surface area contributed by atoms with Crippen LogP contribution in [0.2, 0.25) is 0 Å². The molecule has 0 unspecified atom stereocenters. The van der Waals surface area contributed by atoms with Gasteiger partial charge >= 0.3 is 5.97 Å². The molecule has 2 aliphatic heterocycles. The van der Waals surface area contributed by atoms with E-state index in [4.69, 9.17) is 14.2 Å². The van der Waals surface area contributed by atoms with Gasteiger partial charge in [-0.05, 0) is 30.5 Å². The molecule has 1 aromatic rings. The largest absolute Gasteiger partial charge is 0.461 e. The van der Waals surface area contributed by atoms with Crippen molar-refractivity contribution in [2.45, 2.75) is 38.7 Å². The molecule has 0 bridgehead atoms. The number of amides is 2. The van der Waals surface area contributed by atoms with Gasteiger partial charge in [0.25, 0.3) is 0 Å². The SMILES string of the molecule is O=C(CCN1C(=O)[C@H]2CCCC[C@H]2C1=O)OCc1ccc2c(c1)OCO2. The van der Waals surface area contributed by atoms with E-state index in [2.05, 4.69) is 0 Å². The molecule has 2 fully saturated rings. The number of nitrogens with zero attached hydrogens (tertiary/aromatic N) is 1. The topological polar surface area (TPSA) is 82.1 Å². The zero-order chi connectivity index (χ0) is 18.1. The Kier molecular flexibility index (Phi) is 4.53. The monoisotopic (exact) mass is 359 g/mol. The standard InChI is InChI=1S/C19H21NO6/c21-17(24-10-12-5-6-15-16(9-12)26-11-25-15)7-8-20-18(22)13-3-1-2-4-14(13)19(20)23/h5-6,9,13-14H,1-4,7-8,10-11H2/t13-,14+. The van der Waals surface area contributed by atoms with Gasteiger partial charge in [0.1, 0.15) is 6.61 Å². The predicted molar refractivity (Wildman–Crippen MR) is 89.1 cm³/mol. The van der Waals surface area contributed by atoms with Gasteiger partial charge < -0.3 is 14.2 Å². The fourth-order valence-electron chi connectivity index (χ4n) is 3.92. The molecule has 7 nitrogen and oxygen atoms in total. The lowest BCUT2D eigenvalue weighted by molar-refractivity contribution is -0.146. The fraction of sp³-hybridized carbons (Fsp3) is 0.526. The van der Waals surface area contributed by atoms with Gasteiger partial charge in [-0.3, -0.25) is 19.3 Å². The summed E-state index contributed by atoms with van der Waals surface area (Å²) in [6.45, 7) is 0.408. The van der Waals surface area contributed by atoms with Crippen molar-refractivity contribution in [2.75, 3.05) is 13.3 Å². The Hall–Kier alpha value is -2.57. The average molecular weight is 359 g/mol.